The van der Waals surface area contributed by atoms with Crippen LogP contribution in [-0.4, -0.2) is 25.7 Å². The maximum atomic E-state index is 12.8. The number of amides is 1. The lowest BCUT2D eigenvalue weighted by Crippen LogP contribution is -2.17. The number of aryl methyl sites for hydroxylation is 2. The van der Waals surface area contributed by atoms with E-state index in [1.807, 2.05) is 4.57 Å². The van der Waals surface area contributed by atoms with Crippen LogP contribution in [0.1, 0.15) is 32.9 Å². The van der Waals surface area contributed by atoms with Crippen LogP contribution >= 0.6 is 0 Å². The molecule has 8 heteroatoms. The van der Waals surface area contributed by atoms with Crippen LogP contribution < -0.4 is 5.32 Å². The standard InChI is InChI=1S/C21H17N5O3/c1-12-19(13(2)29-25-12)20(28)24-21-23-17-9-15(10-22)5-8-18(17)26(21)11-14-3-6-16(27)7-4-14/h3-9,27H,11H2,1-2H3,(H,23,24,28). The first kappa shape index (κ1) is 18.3. The molecule has 2 aromatic heterocycles. The summed E-state index contributed by atoms with van der Waals surface area (Å²) in [6, 6.07) is 14.1. The Kier molecular flexibility index (Phi) is 4.49. The van der Waals surface area contributed by atoms with E-state index in [1.165, 1.54) is 0 Å². The van der Waals surface area contributed by atoms with Crippen LogP contribution in [0.4, 0.5) is 5.95 Å². The summed E-state index contributed by atoms with van der Waals surface area (Å²) in [6.45, 7) is 3.79. The molecule has 0 saturated heterocycles. The van der Waals surface area contributed by atoms with Crippen LogP contribution in [-0.2, 0) is 6.54 Å². The van der Waals surface area contributed by atoms with Gasteiger partial charge in [-0.3, -0.25) is 10.1 Å². The fourth-order valence-corrected chi connectivity index (χ4v) is 3.21. The Morgan fingerprint density at radius 1 is 1.24 bits per heavy atom. The molecule has 2 N–H and O–H groups in total. The molecule has 0 saturated carbocycles. The minimum absolute atomic E-state index is 0.176. The SMILES string of the molecule is Cc1noc(C)c1C(=O)Nc1nc2cc(C#N)ccc2n1Cc1ccc(O)cc1. The number of hydrogen-bond acceptors (Lipinski definition) is 6. The quantitative estimate of drug-likeness (QED) is 0.553. The predicted molar refractivity (Wildman–Crippen MR) is 106 cm³/mol. The number of carbonyl (C=O) groups excluding carboxylic acids is 1. The maximum absolute atomic E-state index is 12.8. The highest BCUT2D eigenvalue weighted by Crippen LogP contribution is 2.24. The van der Waals surface area contributed by atoms with Crippen molar-refractivity contribution in [2.75, 3.05) is 5.32 Å². The van der Waals surface area contributed by atoms with Gasteiger partial charge in [0, 0.05) is 0 Å². The van der Waals surface area contributed by atoms with E-state index in [1.54, 1.807) is 56.3 Å². The molecule has 0 spiro atoms. The lowest BCUT2D eigenvalue weighted by Gasteiger charge is -2.10. The topological polar surface area (TPSA) is 117 Å². The zero-order valence-electron chi connectivity index (χ0n) is 15.8. The molecule has 0 radical (unpaired) electrons. The number of aromatic nitrogens is 3. The molecule has 4 aromatic rings. The number of aromatic hydroxyl groups is 1. The third-order valence-electron chi connectivity index (χ3n) is 4.64. The molecule has 1 amide bonds. The highest BCUT2D eigenvalue weighted by molar-refractivity contribution is 6.05. The Bertz CT molecular complexity index is 1240. The molecule has 8 nitrogen and oxygen atoms in total. The molecule has 0 aliphatic carbocycles. The summed E-state index contributed by atoms with van der Waals surface area (Å²) in [7, 11) is 0. The zero-order valence-corrected chi connectivity index (χ0v) is 15.8. The molecular formula is C21H17N5O3. The highest BCUT2D eigenvalue weighted by Gasteiger charge is 2.21. The van der Waals surface area contributed by atoms with Gasteiger partial charge >= 0.3 is 0 Å². The van der Waals surface area contributed by atoms with Gasteiger partial charge in [-0.15, -0.1) is 0 Å². The molecule has 0 bridgehead atoms. The number of nitriles is 1. The van der Waals surface area contributed by atoms with Crippen LogP contribution in [0.25, 0.3) is 11.0 Å². The summed E-state index contributed by atoms with van der Waals surface area (Å²) in [5.74, 6) is 0.569. The third kappa shape index (κ3) is 3.41. The maximum Gasteiger partial charge on any atom is 0.263 e. The zero-order chi connectivity index (χ0) is 20.5. The van der Waals surface area contributed by atoms with E-state index in [0.29, 0.717) is 40.6 Å². The van der Waals surface area contributed by atoms with Crippen molar-refractivity contribution in [3.8, 4) is 11.8 Å². The van der Waals surface area contributed by atoms with E-state index < -0.39 is 0 Å². The van der Waals surface area contributed by atoms with Crippen LogP contribution in [0.3, 0.4) is 0 Å². The molecular weight excluding hydrogens is 370 g/mol. The Morgan fingerprint density at radius 3 is 2.66 bits per heavy atom. The van der Waals surface area contributed by atoms with Gasteiger partial charge in [0.25, 0.3) is 5.91 Å². The van der Waals surface area contributed by atoms with Crippen molar-refractivity contribution in [1.29, 1.82) is 5.26 Å². The number of phenolic OH excluding ortho intramolecular Hbond substituents is 1. The van der Waals surface area contributed by atoms with Crippen molar-refractivity contribution < 1.29 is 14.4 Å². The van der Waals surface area contributed by atoms with Crippen LogP contribution in [0.2, 0.25) is 0 Å². The number of rotatable bonds is 4. The van der Waals surface area contributed by atoms with Gasteiger partial charge in [0.15, 0.2) is 0 Å². The lowest BCUT2D eigenvalue weighted by atomic mass is 10.2. The van der Waals surface area contributed by atoms with Crippen molar-refractivity contribution in [2.24, 2.45) is 0 Å². The monoisotopic (exact) mass is 387 g/mol. The smallest absolute Gasteiger partial charge is 0.263 e. The van der Waals surface area contributed by atoms with E-state index in [2.05, 4.69) is 21.5 Å². The molecule has 4 rings (SSSR count). The second-order valence-electron chi connectivity index (χ2n) is 6.66. The van der Waals surface area contributed by atoms with Gasteiger partial charge < -0.3 is 14.2 Å². The largest absolute Gasteiger partial charge is 0.508 e. The van der Waals surface area contributed by atoms with Crippen molar-refractivity contribution >= 4 is 22.9 Å². The number of carbonyl (C=O) groups is 1. The molecule has 0 unspecified atom stereocenters. The van der Waals surface area contributed by atoms with E-state index in [0.717, 1.165) is 11.1 Å². The van der Waals surface area contributed by atoms with Gasteiger partial charge in [0.2, 0.25) is 5.95 Å². The normalized spacial score (nSPS) is 10.8. The van der Waals surface area contributed by atoms with Gasteiger partial charge in [-0.05, 0) is 49.7 Å². The van der Waals surface area contributed by atoms with Crippen molar-refractivity contribution in [1.82, 2.24) is 14.7 Å². The molecule has 144 valence electrons. The number of fused-ring (bicyclic) bond motifs is 1. The number of hydrogen-bond donors (Lipinski definition) is 2. The van der Waals surface area contributed by atoms with Crippen LogP contribution in [0.5, 0.6) is 5.75 Å². The molecule has 0 aliphatic heterocycles. The van der Waals surface area contributed by atoms with Crippen molar-refractivity contribution in [3.05, 3.63) is 70.6 Å². The second-order valence-corrected chi connectivity index (χ2v) is 6.66. The summed E-state index contributed by atoms with van der Waals surface area (Å²) >= 11 is 0. The number of anilines is 1. The summed E-state index contributed by atoms with van der Waals surface area (Å²) in [5, 5.41) is 25.3. The first-order chi connectivity index (χ1) is 14.0. The predicted octanol–water partition coefficient (Wildman–Crippen LogP) is 3.52. The Hall–Kier alpha value is -4.12. The van der Waals surface area contributed by atoms with E-state index in [9.17, 15) is 15.2 Å². The number of nitrogens with one attached hydrogen (secondary N) is 1. The Labute approximate surface area is 166 Å². The number of benzene rings is 2. The molecule has 29 heavy (non-hydrogen) atoms. The van der Waals surface area contributed by atoms with Crippen LogP contribution in [0.15, 0.2) is 47.0 Å². The number of imidazole rings is 1. The average molecular weight is 387 g/mol. The summed E-state index contributed by atoms with van der Waals surface area (Å²) < 4.78 is 6.93. The van der Waals surface area contributed by atoms with E-state index in [-0.39, 0.29) is 11.7 Å². The molecule has 2 heterocycles. The minimum Gasteiger partial charge on any atom is -0.508 e. The minimum atomic E-state index is -0.371. The first-order valence-electron chi connectivity index (χ1n) is 8.89. The number of phenols is 1. The summed E-state index contributed by atoms with van der Waals surface area (Å²) in [4.78, 5) is 17.3. The highest BCUT2D eigenvalue weighted by atomic mass is 16.5. The fourth-order valence-electron chi connectivity index (χ4n) is 3.21. The molecule has 0 atom stereocenters. The Balaban J connectivity index is 1.78. The molecule has 0 fully saturated rings. The van der Waals surface area contributed by atoms with Crippen molar-refractivity contribution in [2.45, 2.75) is 20.4 Å². The fraction of sp³-hybridized carbons (Fsp3) is 0.143. The van der Waals surface area contributed by atoms with Gasteiger partial charge in [-0.25, -0.2) is 4.98 Å². The van der Waals surface area contributed by atoms with Crippen LogP contribution in [0, 0.1) is 25.2 Å². The summed E-state index contributed by atoms with van der Waals surface area (Å²) in [5.41, 5.74) is 3.62. The summed E-state index contributed by atoms with van der Waals surface area (Å²) in [6.07, 6.45) is 0. The van der Waals surface area contributed by atoms with Crippen molar-refractivity contribution in [3.63, 3.8) is 0 Å². The lowest BCUT2D eigenvalue weighted by molar-refractivity contribution is 0.102. The second kappa shape index (κ2) is 7.13. The van der Waals surface area contributed by atoms with E-state index >= 15 is 0 Å². The van der Waals surface area contributed by atoms with Gasteiger partial charge in [-0.1, -0.05) is 17.3 Å². The first-order valence-corrected chi connectivity index (χ1v) is 8.89. The van der Waals surface area contributed by atoms with E-state index in [4.69, 9.17) is 4.52 Å². The van der Waals surface area contributed by atoms with Gasteiger partial charge in [0.1, 0.15) is 17.1 Å². The Morgan fingerprint density at radius 2 is 2.00 bits per heavy atom. The molecule has 2 aromatic carbocycles. The van der Waals surface area contributed by atoms with Gasteiger partial charge in [-0.2, -0.15) is 5.26 Å². The average Bonchev–Trinajstić information content (AvgIpc) is 3.22. The number of nitrogens with zero attached hydrogens (tertiary/aromatic N) is 4. The molecule has 0 aliphatic rings. The van der Waals surface area contributed by atoms with Gasteiger partial charge in [0.05, 0.1) is 34.9 Å². The third-order valence-corrected chi connectivity index (χ3v) is 4.64.